The van der Waals surface area contributed by atoms with E-state index in [9.17, 15) is 5.11 Å². The first-order valence-electron chi connectivity index (χ1n) is 4.23. The van der Waals surface area contributed by atoms with Crippen LogP contribution in [0.2, 0.25) is 0 Å². The smallest absolute Gasteiger partial charge is 0.0911 e. The Morgan fingerprint density at radius 2 is 1.92 bits per heavy atom. The van der Waals surface area contributed by atoms with E-state index in [1.54, 1.807) is 6.08 Å². The minimum absolute atomic E-state index is 0.198. The Morgan fingerprint density at radius 1 is 1.25 bits per heavy atom. The molecule has 0 aromatic carbocycles. The van der Waals surface area contributed by atoms with Gasteiger partial charge in [0.15, 0.2) is 0 Å². The van der Waals surface area contributed by atoms with Crippen molar-refractivity contribution in [3.8, 4) is 0 Å². The van der Waals surface area contributed by atoms with Gasteiger partial charge < -0.3 is 10.2 Å². The monoisotopic (exact) mass is 170 g/mol. The highest BCUT2D eigenvalue weighted by molar-refractivity contribution is 4.86. The van der Waals surface area contributed by atoms with Gasteiger partial charge in [0.25, 0.3) is 0 Å². The van der Waals surface area contributed by atoms with Crippen LogP contribution in [0.15, 0.2) is 25.3 Å². The van der Waals surface area contributed by atoms with Crippen molar-refractivity contribution >= 4 is 0 Å². The molecule has 0 amide bonds. The zero-order chi connectivity index (χ0) is 9.45. The first kappa shape index (κ1) is 11.4. The molecule has 1 atom stereocenters. The summed E-state index contributed by atoms with van der Waals surface area (Å²) in [5.74, 6) is 0. The Bertz CT molecular complexity index is 143. The molecule has 70 valence electrons. The zero-order valence-corrected chi connectivity index (χ0v) is 7.50. The lowest BCUT2D eigenvalue weighted by Gasteiger charge is -2.23. The summed E-state index contributed by atoms with van der Waals surface area (Å²) in [7, 11) is 0. The Balaban J connectivity index is 3.77. The highest BCUT2D eigenvalue weighted by Gasteiger charge is 2.22. The molecule has 0 spiro atoms. The lowest BCUT2D eigenvalue weighted by molar-refractivity contribution is -0.0198. The second-order valence-electron chi connectivity index (χ2n) is 3.06. The number of unbranched alkanes of at least 4 members (excludes halogenated alkanes) is 1. The topological polar surface area (TPSA) is 40.5 Å². The molecule has 0 saturated carbocycles. The Kier molecular flexibility index (Phi) is 5.68. The van der Waals surface area contributed by atoms with E-state index in [2.05, 4.69) is 13.2 Å². The van der Waals surface area contributed by atoms with Crippen LogP contribution in [0, 0.1) is 0 Å². The van der Waals surface area contributed by atoms with Crippen LogP contribution in [0.1, 0.15) is 25.7 Å². The molecule has 2 heteroatoms. The molecule has 0 rings (SSSR count). The predicted octanol–water partition coefficient (Wildman–Crippen LogP) is 1.64. The van der Waals surface area contributed by atoms with Gasteiger partial charge in [0, 0.05) is 0 Å². The minimum atomic E-state index is -0.968. The van der Waals surface area contributed by atoms with E-state index in [0.717, 1.165) is 12.8 Å². The highest BCUT2D eigenvalue weighted by atomic mass is 16.3. The fourth-order valence-electron chi connectivity index (χ4n) is 1.09. The summed E-state index contributed by atoms with van der Waals surface area (Å²) in [6.07, 6.45) is 6.21. The third kappa shape index (κ3) is 4.31. The lowest BCUT2D eigenvalue weighted by Crippen LogP contribution is -2.32. The van der Waals surface area contributed by atoms with Crippen molar-refractivity contribution in [2.24, 2.45) is 0 Å². The van der Waals surface area contributed by atoms with E-state index >= 15 is 0 Å². The molecule has 0 aromatic rings. The van der Waals surface area contributed by atoms with Gasteiger partial charge in [-0.15, -0.1) is 13.2 Å². The maximum absolute atomic E-state index is 9.69. The molecule has 0 aliphatic rings. The maximum Gasteiger partial charge on any atom is 0.0911 e. The summed E-state index contributed by atoms with van der Waals surface area (Å²) in [5.41, 5.74) is -0.968. The maximum atomic E-state index is 9.69. The lowest BCUT2D eigenvalue weighted by atomic mass is 9.94. The molecule has 0 aromatic heterocycles. The van der Waals surface area contributed by atoms with Crippen molar-refractivity contribution in [2.45, 2.75) is 31.3 Å². The fraction of sp³-hybridized carbons (Fsp3) is 0.600. The molecule has 0 bridgehead atoms. The molecule has 0 aliphatic carbocycles. The van der Waals surface area contributed by atoms with Crippen molar-refractivity contribution in [3.05, 3.63) is 25.3 Å². The zero-order valence-electron chi connectivity index (χ0n) is 7.50. The molecule has 2 nitrogen and oxygen atoms in total. The van der Waals surface area contributed by atoms with E-state index in [0.29, 0.717) is 12.8 Å². The SMILES string of the molecule is C=CCCCC(O)(CO)CC=C. The van der Waals surface area contributed by atoms with E-state index in [1.165, 1.54) is 0 Å². The van der Waals surface area contributed by atoms with Gasteiger partial charge in [-0.25, -0.2) is 0 Å². The molecule has 0 radical (unpaired) electrons. The van der Waals surface area contributed by atoms with E-state index in [-0.39, 0.29) is 6.61 Å². The molecular formula is C10H18O2. The number of rotatable bonds is 7. The van der Waals surface area contributed by atoms with Gasteiger partial charge >= 0.3 is 0 Å². The van der Waals surface area contributed by atoms with Gasteiger partial charge in [0.2, 0.25) is 0 Å². The van der Waals surface area contributed by atoms with Crippen LogP contribution in [0.4, 0.5) is 0 Å². The number of aliphatic hydroxyl groups is 2. The standard InChI is InChI=1S/C10H18O2/c1-3-5-6-8-10(12,9-11)7-4-2/h3-4,11-12H,1-2,5-9H2. The van der Waals surface area contributed by atoms with Crippen LogP contribution < -0.4 is 0 Å². The molecule has 0 heterocycles. The normalized spacial score (nSPS) is 15.2. The van der Waals surface area contributed by atoms with Gasteiger partial charge in [-0.05, 0) is 25.7 Å². The van der Waals surface area contributed by atoms with E-state index in [1.807, 2.05) is 6.08 Å². The Labute approximate surface area is 74.2 Å². The van der Waals surface area contributed by atoms with Crippen LogP contribution in [0.25, 0.3) is 0 Å². The summed E-state index contributed by atoms with van der Waals surface area (Å²) in [6, 6.07) is 0. The van der Waals surface area contributed by atoms with Crippen LogP contribution in [-0.4, -0.2) is 22.4 Å². The average molecular weight is 170 g/mol. The van der Waals surface area contributed by atoms with Crippen LogP contribution in [0.3, 0.4) is 0 Å². The van der Waals surface area contributed by atoms with E-state index < -0.39 is 5.60 Å². The van der Waals surface area contributed by atoms with Crippen molar-refractivity contribution in [2.75, 3.05) is 6.61 Å². The number of hydrogen-bond donors (Lipinski definition) is 2. The molecule has 0 fully saturated rings. The summed E-state index contributed by atoms with van der Waals surface area (Å²) in [6.45, 7) is 6.92. The van der Waals surface area contributed by atoms with Gasteiger partial charge in [0.1, 0.15) is 0 Å². The third-order valence-corrected chi connectivity index (χ3v) is 1.87. The van der Waals surface area contributed by atoms with Gasteiger partial charge in [0.05, 0.1) is 12.2 Å². The molecule has 0 aliphatic heterocycles. The highest BCUT2D eigenvalue weighted by Crippen LogP contribution is 2.18. The quantitative estimate of drug-likeness (QED) is 0.450. The largest absolute Gasteiger partial charge is 0.393 e. The third-order valence-electron chi connectivity index (χ3n) is 1.87. The summed E-state index contributed by atoms with van der Waals surface area (Å²) < 4.78 is 0. The molecular weight excluding hydrogens is 152 g/mol. The number of hydrogen-bond acceptors (Lipinski definition) is 2. The van der Waals surface area contributed by atoms with Crippen LogP contribution in [0.5, 0.6) is 0 Å². The molecule has 1 unspecified atom stereocenters. The predicted molar refractivity (Wildman–Crippen MR) is 50.9 cm³/mol. The molecule has 12 heavy (non-hydrogen) atoms. The number of aliphatic hydroxyl groups excluding tert-OH is 1. The van der Waals surface area contributed by atoms with Crippen molar-refractivity contribution in [3.63, 3.8) is 0 Å². The number of allylic oxidation sites excluding steroid dienone is 1. The second-order valence-corrected chi connectivity index (χ2v) is 3.06. The molecule has 0 saturated heterocycles. The van der Waals surface area contributed by atoms with Gasteiger partial charge in [-0.1, -0.05) is 12.2 Å². The van der Waals surface area contributed by atoms with Gasteiger partial charge in [-0.3, -0.25) is 0 Å². The van der Waals surface area contributed by atoms with E-state index in [4.69, 9.17) is 5.11 Å². The molecule has 2 N–H and O–H groups in total. The average Bonchev–Trinajstić information content (AvgIpc) is 2.06. The van der Waals surface area contributed by atoms with Crippen molar-refractivity contribution in [1.29, 1.82) is 0 Å². The van der Waals surface area contributed by atoms with Crippen molar-refractivity contribution < 1.29 is 10.2 Å². The first-order chi connectivity index (χ1) is 5.68. The van der Waals surface area contributed by atoms with Gasteiger partial charge in [-0.2, -0.15) is 0 Å². The fourth-order valence-corrected chi connectivity index (χ4v) is 1.09. The van der Waals surface area contributed by atoms with Crippen molar-refractivity contribution in [1.82, 2.24) is 0 Å². The second kappa shape index (κ2) is 5.98. The van der Waals surface area contributed by atoms with Crippen LogP contribution >= 0.6 is 0 Å². The summed E-state index contributed by atoms with van der Waals surface area (Å²) in [4.78, 5) is 0. The first-order valence-corrected chi connectivity index (χ1v) is 4.23. The Hall–Kier alpha value is -0.600. The van der Waals surface area contributed by atoms with Crippen LogP contribution in [-0.2, 0) is 0 Å². The Morgan fingerprint density at radius 3 is 2.33 bits per heavy atom. The summed E-state index contributed by atoms with van der Waals surface area (Å²) >= 11 is 0. The summed E-state index contributed by atoms with van der Waals surface area (Å²) in [5, 5.41) is 18.6. The minimum Gasteiger partial charge on any atom is -0.393 e.